The third-order valence-corrected chi connectivity index (χ3v) is 6.68. The van der Waals surface area contributed by atoms with Gasteiger partial charge in [0.15, 0.2) is 11.4 Å². The number of hydrogen-bond donors (Lipinski definition) is 3. The van der Waals surface area contributed by atoms with Crippen molar-refractivity contribution in [3.63, 3.8) is 0 Å². The fourth-order valence-corrected chi connectivity index (χ4v) is 4.84. The summed E-state index contributed by atoms with van der Waals surface area (Å²) < 4.78 is 24.3. The number of rotatable bonds is 8. The third kappa shape index (κ3) is 5.39. The number of β-amino-alcohol motifs (C(OH)–C–C–N with tert-alkyl or cyclic N) is 1. The van der Waals surface area contributed by atoms with E-state index >= 15 is 0 Å². The summed E-state index contributed by atoms with van der Waals surface area (Å²) in [6, 6.07) is 5.99. The van der Waals surface area contributed by atoms with E-state index in [1.165, 1.54) is 12.1 Å². The molecule has 4 rings (SSSR count). The van der Waals surface area contributed by atoms with Crippen molar-refractivity contribution < 1.29 is 28.9 Å². The van der Waals surface area contributed by atoms with Crippen LogP contribution >= 0.6 is 0 Å². The Bertz CT molecular complexity index is 950. The predicted molar refractivity (Wildman–Crippen MR) is 121 cm³/mol. The first kappa shape index (κ1) is 23.7. The number of aromatic nitrogens is 1. The Morgan fingerprint density at radius 1 is 1.21 bits per heavy atom. The minimum atomic E-state index is -0.982. The first-order chi connectivity index (χ1) is 15.9. The number of aliphatic hydroxyl groups is 2. The topological polar surface area (TPSA) is 95.0 Å². The van der Waals surface area contributed by atoms with Crippen LogP contribution in [0.2, 0.25) is 0 Å². The highest BCUT2D eigenvalue weighted by molar-refractivity contribution is 5.91. The Morgan fingerprint density at radius 3 is 2.61 bits per heavy atom. The number of nitrogens with one attached hydrogen (secondary N) is 1. The van der Waals surface area contributed by atoms with Gasteiger partial charge in [-0.3, -0.25) is 0 Å². The van der Waals surface area contributed by atoms with Gasteiger partial charge in [-0.25, -0.2) is 9.18 Å². The number of aromatic amines is 1. The van der Waals surface area contributed by atoms with Crippen LogP contribution in [0.3, 0.4) is 0 Å². The van der Waals surface area contributed by atoms with Crippen LogP contribution in [0.4, 0.5) is 4.39 Å². The lowest BCUT2D eigenvalue weighted by molar-refractivity contribution is -0.0373. The van der Waals surface area contributed by atoms with Crippen molar-refractivity contribution in [1.29, 1.82) is 0 Å². The number of piperidine rings is 1. The standard InChI is InChI=1S/C25H33FN2O5/c1-2-32-24(30)22-23(20-5-3-4-6-21(20)27-22)33-16-19(29)15-28-13-11-25(31,12-14-28)17-7-9-18(26)10-8-17/h7-10,19,27,29,31H,2-6,11-16H2,1H3. The molecule has 0 spiro atoms. The Labute approximate surface area is 193 Å². The molecule has 180 valence electrons. The maximum absolute atomic E-state index is 13.2. The second-order valence-corrected chi connectivity index (χ2v) is 9.02. The molecule has 2 aliphatic rings. The van der Waals surface area contributed by atoms with Crippen LogP contribution in [-0.4, -0.2) is 65.0 Å². The van der Waals surface area contributed by atoms with Crippen LogP contribution in [0, 0.1) is 5.82 Å². The zero-order valence-electron chi connectivity index (χ0n) is 19.1. The summed E-state index contributed by atoms with van der Waals surface area (Å²) in [7, 11) is 0. The molecule has 1 fully saturated rings. The van der Waals surface area contributed by atoms with Gasteiger partial charge >= 0.3 is 5.97 Å². The number of carbonyl (C=O) groups is 1. The molecule has 1 atom stereocenters. The molecule has 2 aromatic rings. The molecule has 1 aromatic heterocycles. The molecule has 1 aliphatic heterocycles. The minimum Gasteiger partial charge on any atom is -0.488 e. The van der Waals surface area contributed by atoms with Gasteiger partial charge in [0, 0.05) is 30.9 Å². The quantitative estimate of drug-likeness (QED) is 0.525. The minimum absolute atomic E-state index is 0.0649. The maximum Gasteiger partial charge on any atom is 0.358 e. The van der Waals surface area contributed by atoms with Gasteiger partial charge in [0.2, 0.25) is 0 Å². The number of halogens is 1. The molecule has 1 aromatic carbocycles. The van der Waals surface area contributed by atoms with Gasteiger partial charge in [-0.05, 0) is 63.1 Å². The highest BCUT2D eigenvalue weighted by atomic mass is 19.1. The van der Waals surface area contributed by atoms with Gasteiger partial charge in [0.25, 0.3) is 0 Å². The Balaban J connectivity index is 1.33. The van der Waals surface area contributed by atoms with Crippen LogP contribution < -0.4 is 4.74 Å². The molecule has 0 saturated carbocycles. The third-order valence-electron chi connectivity index (χ3n) is 6.68. The number of fused-ring (bicyclic) bond motifs is 1. The van der Waals surface area contributed by atoms with E-state index in [1.54, 1.807) is 19.1 Å². The van der Waals surface area contributed by atoms with E-state index < -0.39 is 17.7 Å². The normalized spacial score (nSPS) is 19.0. The lowest BCUT2D eigenvalue weighted by atomic mass is 9.84. The summed E-state index contributed by atoms with van der Waals surface area (Å²) in [6.45, 7) is 3.73. The highest BCUT2D eigenvalue weighted by Gasteiger charge is 2.34. The van der Waals surface area contributed by atoms with Gasteiger partial charge in [0.05, 0.1) is 12.2 Å². The van der Waals surface area contributed by atoms with Gasteiger partial charge in [-0.15, -0.1) is 0 Å². The number of aryl methyl sites for hydroxylation is 1. The van der Waals surface area contributed by atoms with Crippen LogP contribution in [-0.2, 0) is 23.2 Å². The summed E-state index contributed by atoms with van der Waals surface area (Å²) in [5.74, 6) is -0.253. The number of esters is 1. The van der Waals surface area contributed by atoms with E-state index in [0.29, 0.717) is 43.9 Å². The SMILES string of the molecule is CCOC(=O)c1[nH]c2c(c1OCC(O)CN1CCC(O)(c3ccc(F)cc3)CC1)CCCC2. The predicted octanol–water partition coefficient (Wildman–Crippen LogP) is 2.93. The van der Waals surface area contributed by atoms with Crippen LogP contribution in [0.1, 0.15) is 59.9 Å². The zero-order chi connectivity index (χ0) is 23.4. The zero-order valence-corrected chi connectivity index (χ0v) is 19.1. The Hall–Kier alpha value is -2.42. The summed E-state index contributed by atoms with van der Waals surface area (Å²) in [4.78, 5) is 17.7. The molecule has 3 N–H and O–H groups in total. The number of carbonyl (C=O) groups excluding carboxylic acids is 1. The van der Waals surface area contributed by atoms with Gasteiger partial charge in [-0.1, -0.05) is 12.1 Å². The van der Waals surface area contributed by atoms with Crippen LogP contribution in [0.25, 0.3) is 0 Å². The molecule has 0 bridgehead atoms. The molecule has 1 unspecified atom stereocenters. The molecule has 1 saturated heterocycles. The average molecular weight is 461 g/mol. The van der Waals surface area contributed by atoms with Gasteiger partial charge < -0.3 is 29.6 Å². The van der Waals surface area contributed by atoms with Crippen molar-refractivity contribution in [1.82, 2.24) is 9.88 Å². The fraction of sp³-hybridized carbons (Fsp3) is 0.560. The monoisotopic (exact) mass is 460 g/mol. The van der Waals surface area contributed by atoms with Crippen molar-refractivity contribution in [2.45, 2.75) is 57.2 Å². The van der Waals surface area contributed by atoms with E-state index in [0.717, 1.165) is 42.5 Å². The van der Waals surface area contributed by atoms with Crippen molar-refractivity contribution >= 4 is 5.97 Å². The van der Waals surface area contributed by atoms with E-state index in [9.17, 15) is 19.4 Å². The molecule has 1 aliphatic carbocycles. The van der Waals surface area contributed by atoms with E-state index in [-0.39, 0.29) is 19.0 Å². The molecule has 2 heterocycles. The van der Waals surface area contributed by atoms with Crippen molar-refractivity contribution in [2.75, 3.05) is 32.8 Å². The second kappa shape index (κ2) is 10.2. The molecule has 0 amide bonds. The first-order valence-electron chi connectivity index (χ1n) is 11.8. The van der Waals surface area contributed by atoms with Crippen LogP contribution in [0.5, 0.6) is 5.75 Å². The number of nitrogens with zero attached hydrogens (tertiary/aromatic N) is 1. The first-order valence-corrected chi connectivity index (χ1v) is 11.8. The van der Waals surface area contributed by atoms with Gasteiger partial charge in [-0.2, -0.15) is 0 Å². The molecule has 7 nitrogen and oxygen atoms in total. The van der Waals surface area contributed by atoms with E-state index in [2.05, 4.69) is 9.88 Å². The molecular weight excluding hydrogens is 427 g/mol. The van der Waals surface area contributed by atoms with Crippen molar-refractivity contribution in [3.8, 4) is 5.75 Å². The lowest BCUT2D eigenvalue weighted by Crippen LogP contribution is -2.46. The molecule has 33 heavy (non-hydrogen) atoms. The van der Waals surface area contributed by atoms with Crippen molar-refractivity contribution in [3.05, 3.63) is 52.6 Å². The second-order valence-electron chi connectivity index (χ2n) is 9.02. The van der Waals surface area contributed by atoms with Crippen molar-refractivity contribution in [2.24, 2.45) is 0 Å². The average Bonchev–Trinajstić information content (AvgIpc) is 3.19. The van der Waals surface area contributed by atoms with Gasteiger partial charge in [0.1, 0.15) is 18.5 Å². The number of likely N-dealkylation sites (tertiary alicyclic amines) is 1. The van der Waals surface area contributed by atoms with E-state index in [1.807, 2.05) is 0 Å². The summed E-state index contributed by atoms with van der Waals surface area (Å²) in [5.41, 5.74) is 2.10. The molecular formula is C25H33FN2O5. The van der Waals surface area contributed by atoms with Crippen LogP contribution in [0.15, 0.2) is 24.3 Å². The number of ether oxygens (including phenoxy) is 2. The number of H-pyrrole nitrogens is 1. The summed E-state index contributed by atoms with van der Waals surface area (Å²) in [6.07, 6.45) is 4.08. The maximum atomic E-state index is 13.2. The fourth-order valence-electron chi connectivity index (χ4n) is 4.84. The lowest BCUT2D eigenvalue weighted by Gasteiger charge is -2.39. The largest absolute Gasteiger partial charge is 0.488 e. The Morgan fingerprint density at radius 2 is 1.91 bits per heavy atom. The van der Waals surface area contributed by atoms with E-state index in [4.69, 9.17) is 9.47 Å². The highest BCUT2D eigenvalue weighted by Crippen LogP contribution is 2.35. The number of hydrogen-bond acceptors (Lipinski definition) is 6. The Kier molecular flexibility index (Phi) is 7.36. The summed E-state index contributed by atoms with van der Waals surface area (Å²) in [5, 5.41) is 21.6. The summed E-state index contributed by atoms with van der Waals surface area (Å²) >= 11 is 0. The molecule has 8 heteroatoms. The number of aliphatic hydroxyl groups excluding tert-OH is 1. The molecule has 0 radical (unpaired) electrons. The smallest absolute Gasteiger partial charge is 0.358 e. The number of benzene rings is 1.